The summed E-state index contributed by atoms with van der Waals surface area (Å²) in [6.45, 7) is 4.31. The van der Waals surface area contributed by atoms with Crippen molar-refractivity contribution in [1.29, 1.82) is 0 Å². The second-order valence-corrected chi connectivity index (χ2v) is 6.82. The summed E-state index contributed by atoms with van der Waals surface area (Å²) in [5.74, 6) is -0.748. The lowest BCUT2D eigenvalue weighted by atomic mass is 10.1. The van der Waals surface area contributed by atoms with Gasteiger partial charge in [0.05, 0.1) is 17.2 Å². The zero-order chi connectivity index (χ0) is 17.3. The maximum atomic E-state index is 12.5. The van der Waals surface area contributed by atoms with E-state index in [-0.39, 0.29) is 42.1 Å². The van der Waals surface area contributed by atoms with E-state index in [9.17, 15) is 14.4 Å². The number of benzene rings is 1. The summed E-state index contributed by atoms with van der Waals surface area (Å²) in [5.41, 5.74) is 0.957. The first-order valence-corrected chi connectivity index (χ1v) is 8.46. The standard InChI is InChI=1S/C18H23N3O3/c1-11(2)21-10-12(9-16(21)22)17(23)20-15-6-4-3-5-14(15)18(24)19-13-7-8-13/h3-6,11-13H,7-10H2,1-2H3,(H,19,24)(H,20,23)/t12-/m1/s1. The molecule has 1 heterocycles. The van der Waals surface area contributed by atoms with Crippen molar-refractivity contribution in [3.05, 3.63) is 29.8 Å². The van der Waals surface area contributed by atoms with Crippen molar-refractivity contribution in [2.24, 2.45) is 5.92 Å². The third-order valence-electron chi connectivity index (χ3n) is 4.49. The first kappa shape index (κ1) is 16.5. The van der Waals surface area contributed by atoms with Gasteiger partial charge in [-0.2, -0.15) is 0 Å². The van der Waals surface area contributed by atoms with Crippen molar-refractivity contribution in [1.82, 2.24) is 10.2 Å². The number of para-hydroxylation sites is 1. The van der Waals surface area contributed by atoms with Crippen LogP contribution in [0.2, 0.25) is 0 Å². The molecule has 6 nitrogen and oxygen atoms in total. The van der Waals surface area contributed by atoms with Crippen LogP contribution in [0, 0.1) is 5.92 Å². The maximum Gasteiger partial charge on any atom is 0.253 e. The fourth-order valence-electron chi connectivity index (χ4n) is 2.92. The SMILES string of the molecule is CC(C)N1C[C@H](C(=O)Nc2ccccc2C(=O)NC2CC2)CC1=O. The fraction of sp³-hybridized carbons (Fsp3) is 0.500. The summed E-state index contributed by atoms with van der Waals surface area (Å²) in [6.07, 6.45) is 2.24. The van der Waals surface area contributed by atoms with Gasteiger partial charge in [0.25, 0.3) is 5.91 Å². The minimum atomic E-state index is -0.376. The number of amides is 3. The molecule has 0 unspecified atom stereocenters. The molecule has 1 saturated heterocycles. The Morgan fingerprint density at radius 2 is 1.92 bits per heavy atom. The third-order valence-corrected chi connectivity index (χ3v) is 4.49. The monoisotopic (exact) mass is 329 g/mol. The Bertz CT molecular complexity index is 667. The van der Waals surface area contributed by atoms with E-state index in [1.165, 1.54) is 0 Å². The molecule has 1 aromatic carbocycles. The second-order valence-electron chi connectivity index (χ2n) is 6.82. The van der Waals surface area contributed by atoms with Gasteiger partial charge in [0.2, 0.25) is 11.8 Å². The van der Waals surface area contributed by atoms with E-state index in [2.05, 4.69) is 10.6 Å². The molecule has 3 amide bonds. The summed E-state index contributed by atoms with van der Waals surface area (Å²) in [4.78, 5) is 38.5. The van der Waals surface area contributed by atoms with E-state index in [1.807, 2.05) is 13.8 Å². The van der Waals surface area contributed by atoms with Crippen molar-refractivity contribution >= 4 is 23.4 Å². The lowest BCUT2D eigenvalue weighted by molar-refractivity contribution is -0.129. The number of nitrogens with one attached hydrogen (secondary N) is 2. The van der Waals surface area contributed by atoms with Gasteiger partial charge >= 0.3 is 0 Å². The van der Waals surface area contributed by atoms with Crippen LogP contribution in [0.15, 0.2) is 24.3 Å². The first-order chi connectivity index (χ1) is 11.5. The molecule has 1 saturated carbocycles. The number of anilines is 1. The zero-order valence-electron chi connectivity index (χ0n) is 14.0. The van der Waals surface area contributed by atoms with E-state index in [1.54, 1.807) is 29.2 Å². The van der Waals surface area contributed by atoms with Crippen molar-refractivity contribution < 1.29 is 14.4 Å². The van der Waals surface area contributed by atoms with E-state index in [0.29, 0.717) is 17.8 Å². The topological polar surface area (TPSA) is 78.5 Å². The van der Waals surface area contributed by atoms with Crippen LogP contribution in [0.25, 0.3) is 0 Å². The molecule has 1 aliphatic carbocycles. The van der Waals surface area contributed by atoms with Crippen molar-refractivity contribution in [3.63, 3.8) is 0 Å². The molecule has 1 atom stereocenters. The lowest BCUT2D eigenvalue weighted by Gasteiger charge is -2.20. The highest BCUT2D eigenvalue weighted by molar-refractivity contribution is 6.05. The molecular formula is C18H23N3O3. The number of carbonyl (C=O) groups excluding carboxylic acids is 3. The summed E-state index contributed by atoms with van der Waals surface area (Å²) in [5, 5.41) is 5.76. The smallest absolute Gasteiger partial charge is 0.253 e. The Kier molecular flexibility index (Phi) is 4.55. The van der Waals surface area contributed by atoms with Gasteiger partial charge < -0.3 is 15.5 Å². The second kappa shape index (κ2) is 6.63. The van der Waals surface area contributed by atoms with Gasteiger partial charge in [0.15, 0.2) is 0 Å². The Hall–Kier alpha value is -2.37. The largest absolute Gasteiger partial charge is 0.349 e. The molecule has 1 aliphatic heterocycles. The van der Waals surface area contributed by atoms with Crippen LogP contribution in [0.3, 0.4) is 0 Å². The van der Waals surface area contributed by atoms with Crippen LogP contribution in [-0.4, -0.2) is 41.2 Å². The van der Waals surface area contributed by atoms with E-state index in [0.717, 1.165) is 12.8 Å². The summed E-state index contributed by atoms with van der Waals surface area (Å²) in [7, 11) is 0. The molecule has 6 heteroatoms. The molecule has 0 bridgehead atoms. The molecule has 2 fully saturated rings. The minimum Gasteiger partial charge on any atom is -0.349 e. The number of hydrogen-bond acceptors (Lipinski definition) is 3. The van der Waals surface area contributed by atoms with Gasteiger partial charge in [-0.3, -0.25) is 14.4 Å². The summed E-state index contributed by atoms with van der Waals surface area (Å²) in [6, 6.07) is 7.32. The third kappa shape index (κ3) is 3.58. The average molecular weight is 329 g/mol. The predicted octanol–water partition coefficient (Wildman–Crippen LogP) is 1.77. The molecule has 0 spiro atoms. The number of rotatable bonds is 5. The van der Waals surface area contributed by atoms with Crippen molar-refractivity contribution in [2.75, 3.05) is 11.9 Å². The molecule has 128 valence electrons. The number of nitrogens with zero attached hydrogens (tertiary/aromatic N) is 1. The van der Waals surface area contributed by atoms with Gasteiger partial charge in [0.1, 0.15) is 0 Å². The molecule has 0 aromatic heterocycles. The Labute approximate surface area is 141 Å². The normalized spacial score (nSPS) is 20.4. The number of likely N-dealkylation sites (tertiary alicyclic amines) is 1. The van der Waals surface area contributed by atoms with Crippen molar-refractivity contribution in [2.45, 2.75) is 45.2 Å². The quantitative estimate of drug-likeness (QED) is 0.864. The first-order valence-electron chi connectivity index (χ1n) is 8.46. The molecule has 1 aromatic rings. The number of hydrogen-bond donors (Lipinski definition) is 2. The van der Waals surface area contributed by atoms with Crippen LogP contribution in [0.5, 0.6) is 0 Å². The highest BCUT2D eigenvalue weighted by atomic mass is 16.2. The van der Waals surface area contributed by atoms with Gasteiger partial charge in [0, 0.05) is 25.0 Å². The van der Waals surface area contributed by atoms with E-state index in [4.69, 9.17) is 0 Å². The molecule has 0 radical (unpaired) electrons. The zero-order valence-corrected chi connectivity index (χ0v) is 14.0. The Morgan fingerprint density at radius 1 is 1.21 bits per heavy atom. The average Bonchev–Trinajstić information content (AvgIpc) is 3.26. The maximum absolute atomic E-state index is 12.5. The predicted molar refractivity (Wildman–Crippen MR) is 90.5 cm³/mol. The van der Waals surface area contributed by atoms with Crippen LogP contribution in [-0.2, 0) is 9.59 Å². The fourth-order valence-corrected chi connectivity index (χ4v) is 2.92. The Morgan fingerprint density at radius 3 is 2.54 bits per heavy atom. The van der Waals surface area contributed by atoms with Crippen LogP contribution in [0.1, 0.15) is 43.5 Å². The highest BCUT2D eigenvalue weighted by Crippen LogP contribution is 2.24. The van der Waals surface area contributed by atoms with Crippen LogP contribution < -0.4 is 10.6 Å². The van der Waals surface area contributed by atoms with Gasteiger partial charge in [-0.25, -0.2) is 0 Å². The highest BCUT2D eigenvalue weighted by Gasteiger charge is 2.35. The minimum absolute atomic E-state index is 0.00455. The van der Waals surface area contributed by atoms with Gasteiger partial charge in [-0.1, -0.05) is 12.1 Å². The Balaban J connectivity index is 1.68. The van der Waals surface area contributed by atoms with E-state index >= 15 is 0 Å². The van der Waals surface area contributed by atoms with Gasteiger partial charge in [-0.05, 0) is 38.8 Å². The van der Waals surface area contributed by atoms with Gasteiger partial charge in [-0.15, -0.1) is 0 Å². The molecule has 3 rings (SSSR count). The lowest BCUT2D eigenvalue weighted by Crippen LogP contribution is -2.33. The number of carbonyl (C=O) groups is 3. The summed E-state index contributed by atoms with van der Waals surface area (Å²) < 4.78 is 0. The van der Waals surface area contributed by atoms with Crippen LogP contribution >= 0.6 is 0 Å². The molecule has 2 N–H and O–H groups in total. The van der Waals surface area contributed by atoms with Crippen LogP contribution in [0.4, 0.5) is 5.69 Å². The van der Waals surface area contributed by atoms with Crippen molar-refractivity contribution in [3.8, 4) is 0 Å². The van der Waals surface area contributed by atoms with E-state index < -0.39 is 0 Å². The molecule has 24 heavy (non-hydrogen) atoms. The molecule has 2 aliphatic rings. The summed E-state index contributed by atoms with van der Waals surface area (Å²) >= 11 is 0. The molecular weight excluding hydrogens is 306 g/mol.